The van der Waals surface area contributed by atoms with E-state index in [2.05, 4.69) is 25.6 Å². The Labute approximate surface area is 186 Å². The number of carbonyl (C=O) groups excluding carboxylic acids is 2. The lowest BCUT2D eigenvalue weighted by Crippen LogP contribution is -2.48. The van der Waals surface area contributed by atoms with Crippen molar-refractivity contribution < 1.29 is 29.6 Å². The molecular weight excluding hydrogens is 436 g/mol. The van der Waals surface area contributed by atoms with Gasteiger partial charge in [-0.3, -0.25) is 24.5 Å². The van der Waals surface area contributed by atoms with E-state index in [1.807, 2.05) is 0 Å². The van der Waals surface area contributed by atoms with Crippen molar-refractivity contribution >= 4 is 29.0 Å². The molecule has 1 aliphatic heterocycles. The van der Waals surface area contributed by atoms with E-state index >= 15 is 0 Å². The first kappa shape index (κ1) is 22.1. The van der Waals surface area contributed by atoms with Crippen molar-refractivity contribution in [3.05, 3.63) is 36.3 Å². The molecule has 3 heterocycles. The van der Waals surface area contributed by atoms with Gasteiger partial charge in [-0.2, -0.15) is 5.10 Å². The Balaban J connectivity index is 1.76. The van der Waals surface area contributed by atoms with E-state index in [0.717, 1.165) is 0 Å². The van der Waals surface area contributed by atoms with Gasteiger partial charge in [-0.15, -0.1) is 10.2 Å². The number of hydrogen-bond acceptors (Lipinski definition) is 11. The topological polar surface area (TPSA) is 188 Å². The van der Waals surface area contributed by atoms with Crippen LogP contribution >= 0.6 is 0 Å². The molecule has 2 amide bonds. The zero-order valence-corrected chi connectivity index (χ0v) is 17.6. The van der Waals surface area contributed by atoms with Crippen molar-refractivity contribution in [2.45, 2.75) is 12.5 Å². The molecule has 14 heteroatoms. The van der Waals surface area contributed by atoms with Crippen molar-refractivity contribution in [1.29, 1.82) is 0 Å². The lowest BCUT2D eigenvalue weighted by atomic mass is 10.1. The molecule has 5 N–H and O–H groups in total. The van der Waals surface area contributed by atoms with Gasteiger partial charge in [-0.1, -0.05) is 6.07 Å². The lowest BCUT2D eigenvalue weighted by Gasteiger charge is -2.29. The van der Waals surface area contributed by atoms with Crippen molar-refractivity contribution in [2.75, 3.05) is 23.9 Å². The molecule has 0 atom stereocenters. The van der Waals surface area contributed by atoms with Crippen molar-refractivity contribution in [3.63, 3.8) is 0 Å². The van der Waals surface area contributed by atoms with Crippen LogP contribution in [0.1, 0.15) is 16.9 Å². The van der Waals surface area contributed by atoms with Gasteiger partial charge in [0.05, 0.1) is 24.0 Å². The Bertz CT molecular complexity index is 1220. The summed E-state index contributed by atoms with van der Waals surface area (Å²) in [6.45, 7) is 0.440. The van der Waals surface area contributed by atoms with Gasteiger partial charge < -0.3 is 25.4 Å². The van der Waals surface area contributed by atoms with Crippen LogP contribution in [0.5, 0.6) is 5.75 Å². The highest BCUT2D eigenvalue weighted by atomic mass is 16.7. The second-order valence-electron chi connectivity index (χ2n) is 7.10. The average molecular weight is 456 g/mol. The van der Waals surface area contributed by atoms with E-state index in [0.29, 0.717) is 35.8 Å². The van der Waals surface area contributed by atoms with Crippen molar-refractivity contribution in [3.8, 4) is 17.1 Å². The molecule has 1 aromatic carbocycles. The number of carbonyl (C=O) groups is 2. The SMILES string of the molecule is COc1c(Nc2cc(N3CCC3=O)nnc2C(=O)NC(O)(O)O)cccc1-c1ncn(C)n1. The molecule has 1 aliphatic rings. The third kappa shape index (κ3) is 4.57. The molecule has 2 aromatic heterocycles. The van der Waals surface area contributed by atoms with Gasteiger partial charge in [-0.05, 0) is 12.1 Å². The number of aryl methyl sites for hydroxylation is 1. The molecule has 0 radical (unpaired) electrons. The van der Waals surface area contributed by atoms with E-state index in [9.17, 15) is 9.59 Å². The standard InChI is InChI=1S/C19H20N8O6/c1-26-9-20-17(25-26)10-4-3-5-11(16(10)33-2)21-12-8-13(27-7-6-14(27)28)23-24-15(12)18(29)22-19(30,31)32/h3-5,8-9,30-32H,6-7H2,1-2H3,(H,21,23)(H,22,29). The maximum atomic E-state index is 12.5. The maximum absolute atomic E-state index is 12.5. The molecule has 14 nitrogen and oxygen atoms in total. The summed E-state index contributed by atoms with van der Waals surface area (Å²) in [7, 11) is 3.17. The van der Waals surface area contributed by atoms with Crippen molar-refractivity contribution in [2.24, 2.45) is 7.05 Å². The Morgan fingerprint density at radius 3 is 2.58 bits per heavy atom. The van der Waals surface area contributed by atoms with E-state index in [4.69, 9.17) is 20.1 Å². The monoisotopic (exact) mass is 456 g/mol. The number of methoxy groups -OCH3 is 1. The Morgan fingerprint density at radius 2 is 2.00 bits per heavy atom. The number of aliphatic hydroxyl groups is 3. The van der Waals surface area contributed by atoms with Crippen LogP contribution in [0.4, 0.5) is 17.2 Å². The Kier molecular flexibility index (Phi) is 5.63. The molecular formula is C19H20N8O6. The number of aromatic nitrogens is 5. The third-order valence-corrected chi connectivity index (χ3v) is 4.73. The fraction of sp³-hybridized carbons (Fsp3) is 0.263. The minimum absolute atomic E-state index is 0.0610. The average Bonchev–Trinajstić information content (AvgIpc) is 3.17. The zero-order chi connectivity index (χ0) is 23.8. The first-order valence-corrected chi connectivity index (χ1v) is 9.64. The Hall–Kier alpha value is -4.14. The van der Waals surface area contributed by atoms with Gasteiger partial charge in [0, 0.05) is 26.1 Å². The van der Waals surface area contributed by atoms with E-state index in [1.165, 1.54) is 29.1 Å². The number of hydrogen-bond donors (Lipinski definition) is 5. The summed E-state index contributed by atoms with van der Waals surface area (Å²) in [6, 6.07) is 6.53. The smallest absolute Gasteiger partial charge is 0.369 e. The molecule has 0 aliphatic carbocycles. The number of benzene rings is 1. The zero-order valence-electron chi connectivity index (χ0n) is 17.6. The number of para-hydroxylation sites is 1. The van der Waals surface area contributed by atoms with Gasteiger partial charge in [0.15, 0.2) is 23.1 Å². The molecule has 4 rings (SSSR count). The van der Waals surface area contributed by atoms with Crippen LogP contribution in [0, 0.1) is 0 Å². The van der Waals surface area contributed by atoms with E-state index in [1.54, 1.807) is 30.6 Å². The van der Waals surface area contributed by atoms with Crippen LogP contribution in [0.25, 0.3) is 11.4 Å². The van der Waals surface area contributed by atoms with Gasteiger partial charge in [0.25, 0.3) is 5.91 Å². The largest absolute Gasteiger partial charge is 0.494 e. The van der Waals surface area contributed by atoms with Gasteiger partial charge in [-0.25, -0.2) is 4.98 Å². The molecule has 172 valence electrons. The summed E-state index contributed by atoms with van der Waals surface area (Å²) < 4.78 is 7.08. The molecule has 0 bridgehead atoms. The normalized spacial score (nSPS) is 13.5. The molecule has 0 unspecified atom stereocenters. The second-order valence-corrected chi connectivity index (χ2v) is 7.10. The van der Waals surface area contributed by atoms with Gasteiger partial charge in [0.2, 0.25) is 5.91 Å². The highest BCUT2D eigenvalue weighted by Crippen LogP contribution is 2.37. The van der Waals surface area contributed by atoms with Crippen LogP contribution < -0.4 is 20.3 Å². The van der Waals surface area contributed by atoms with Crippen LogP contribution in [0.2, 0.25) is 0 Å². The predicted octanol–water partition coefficient (Wildman–Crippen LogP) is -0.921. The summed E-state index contributed by atoms with van der Waals surface area (Å²) in [5.41, 5.74) is 0.644. The predicted molar refractivity (Wildman–Crippen MR) is 112 cm³/mol. The quantitative estimate of drug-likeness (QED) is 0.218. The Morgan fingerprint density at radius 1 is 1.21 bits per heavy atom. The van der Waals surface area contributed by atoms with Crippen LogP contribution in [-0.2, 0) is 11.8 Å². The highest BCUT2D eigenvalue weighted by molar-refractivity contribution is 6.02. The summed E-state index contributed by atoms with van der Waals surface area (Å²) in [5.74, 6) is -0.348. The summed E-state index contributed by atoms with van der Waals surface area (Å²) in [5, 5.41) is 43.9. The van der Waals surface area contributed by atoms with Crippen molar-refractivity contribution in [1.82, 2.24) is 30.3 Å². The number of β-lactam (4-membered cyclic amide) rings is 1. The number of amides is 2. The molecule has 1 saturated heterocycles. The first-order valence-electron chi connectivity index (χ1n) is 9.64. The number of nitrogens with one attached hydrogen (secondary N) is 2. The first-order chi connectivity index (χ1) is 15.7. The van der Waals surface area contributed by atoms with Crippen LogP contribution in [0.15, 0.2) is 30.6 Å². The minimum Gasteiger partial charge on any atom is -0.494 e. The molecule has 0 saturated carbocycles. The third-order valence-electron chi connectivity index (χ3n) is 4.73. The van der Waals surface area contributed by atoms with Crippen LogP contribution in [0.3, 0.4) is 0 Å². The maximum Gasteiger partial charge on any atom is 0.369 e. The molecule has 1 fully saturated rings. The van der Waals surface area contributed by atoms with Crippen LogP contribution in [-0.4, -0.2) is 71.8 Å². The lowest BCUT2D eigenvalue weighted by molar-refractivity contribution is -0.323. The van der Waals surface area contributed by atoms with Gasteiger partial charge >= 0.3 is 6.10 Å². The fourth-order valence-electron chi connectivity index (χ4n) is 3.18. The number of nitrogens with zero attached hydrogens (tertiary/aromatic N) is 6. The summed E-state index contributed by atoms with van der Waals surface area (Å²) in [6.07, 6.45) is -1.57. The van der Waals surface area contributed by atoms with E-state index in [-0.39, 0.29) is 23.1 Å². The molecule has 0 spiro atoms. The fourth-order valence-corrected chi connectivity index (χ4v) is 3.18. The number of ether oxygens (including phenoxy) is 1. The summed E-state index contributed by atoms with van der Waals surface area (Å²) in [4.78, 5) is 29.9. The number of rotatable bonds is 7. The minimum atomic E-state index is -3.47. The van der Waals surface area contributed by atoms with E-state index < -0.39 is 12.0 Å². The number of anilines is 3. The molecule has 3 aromatic rings. The summed E-state index contributed by atoms with van der Waals surface area (Å²) >= 11 is 0. The second kappa shape index (κ2) is 8.42. The molecule has 33 heavy (non-hydrogen) atoms. The van der Waals surface area contributed by atoms with Gasteiger partial charge in [0.1, 0.15) is 6.33 Å². The highest BCUT2D eigenvalue weighted by Gasteiger charge is 2.30.